The van der Waals surface area contributed by atoms with Crippen molar-refractivity contribution in [2.24, 2.45) is 17.3 Å². The number of rotatable bonds is 0. The molecule has 5 rings (SSSR count). The van der Waals surface area contributed by atoms with Crippen molar-refractivity contribution in [3.8, 4) is 5.75 Å². The predicted molar refractivity (Wildman–Crippen MR) is 86.3 cm³/mol. The van der Waals surface area contributed by atoms with Gasteiger partial charge in [0, 0.05) is 6.42 Å². The van der Waals surface area contributed by atoms with Crippen LogP contribution in [0, 0.1) is 17.3 Å². The van der Waals surface area contributed by atoms with Crippen LogP contribution >= 0.6 is 0 Å². The molecule has 1 aliphatic heterocycles. The van der Waals surface area contributed by atoms with Crippen molar-refractivity contribution in [3.05, 3.63) is 28.8 Å². The van der Waals surface area contributed by atoms with Gasteiger partial charge in [0.25, 0.3) is 0 Å². The highest BCUT2D eigenvalue weighted by molar-refractivity contribution is 5.47. The highest BCUT2D eigenvalue weighted by Gasteiger charge is 2.54. The number of benzene rings is 1. The van der Waals surface area contributed by atoms with Crippen molar-refractivity contribution >= 4 is 0 Å². The van der Waals surface area contributed by atoms with E-state index >= 15 is 0 Å². The van der Waals surface area contributed by atoms with E-state index in [9.17, 15) is 5.11 Å². The fourth-order valence-electron chi connectivity index (χ4n) is 6.22. The molecule has 0 unspecified atom stereocenters. The molecule has 5 atom stereocenters. The fraction of sp³-hybridized carbons (Fsp3) is 0.700. The molecule has 3 aliphatic carbocycles. The highest BCUT2D eigenvalue weighted by Crippen LogP contribution is 2.61. The standard InChI is InChI=1S/C20H26O2/c1-20-8-6-14-15(17(20)4-5-19(20)21)3-2-12-11-18-13(7-9-22-18)10-16(12)14/h10-11,14-15,17,19,21H,2-9H2,1H3/t14-,15+,17-,19-,20-/m0/s1. The highest BCUT2D eigenvalue weighted by atomic mass is 16.5. The predicted octanol–water partition coefficient (Wildman–Crippen LogP) is 3.84. The molecule has 2 fully saturated rings. The van der Waals surface area contributed by atoms with Gasteiger partial charge in [0.2, 0.25) is 0 Å². The first kappa shape index (κ1) is 13.4. The zero-order chi connectivity index (χ0) is 14.9. The molecule has 1 aromatic carbocycles. The second-order valence-corrected chi connectivity index (χ2v) is 8.31. The molecule has 22 heavy (non-hydrogen) atoms. The van der Waals surface area contributed by atoms with E-state index in [1.54, 1.807) is 11.1 Å². The van der Waals surface area contributed by atoms with Crippen LogP contribution in [-0.2, 0) is 12.8 Å². The van der Waals surface area contributed by atoms with E-state index in [1.807, 2.05) is 0 Å². The lowest BCUT2D eigenvalue weighted by molar-refractivity contribution is -0.0226. The Balaban J connectivity index is 1.54. The normalized spacial score (nSPS) is 42.1. The number of ether oxygens (including phenoxy) is 1. The summed E-state index contributed by atoms with van der Waals surface area (Å²) < 4.78 is 5.77. The average Bonchev–Trinajstić information content (AvgIpc) is 3.09. The number of aliphatic hydroxyl groups is 1. The second-order valence-electron chi connectivity index (χ2n) is 8.31. The van der Waals surface area contributed by atoms with E-state index < -0.39 is 0 Å². The van der Waals surface area contributed by atoms with Crippen LogP contribution in [0.5, 0.6) is 5.75 Å². The summed E-state index contributed by atoms with van der Waals surface area (Å²) in [7, 11) is 0. The maximum absolute atomic E-state index is 10.5. The van der Waals surface area contributed by atoms with Gasteiger partial charge in [-0.15, -0.1) is 0 Å². The van der Waals surface area contributed by atoms with E-state index in [0.29, 0.717) is 0 Å². The lowest BCUT2D eigenvalue weighted by atomic mass is 9.55. The van der Waals surface area contributed by atoms with Gasteiger partial charge in [-0.1, -0.05) is 13.0 Å². The first-order valence-electron chi connectivity index (χ1n) is 9.13. The Morgan fingerprint density at radius 1 is 1.09 bits per heavy atom. The summed E-state index contributed by atoms with van der Waals surface area (Å²) >= 11 is 0. The average molecular weight is 298 g/mol. The van der Waals surface area contributed by atoms with Gasteiger partial charge in [0.1, 0.15) is 5.75 Å². The van der Waals surface area contributed by atoms with Crippen molar-refractivity contribution < 1.29 is 9.84 Å². The third-order valence-electron chi connectivity index (χ3n) is 7.48. The van der Waals surface area contributed by atoms with Gasteiger partial charge in [-0.3, -0.25) is 0 Å². The largest absolute Gasteiger partial charge is 0.493 e. The first-order chi connectivity index (χ1) is 10.7. The molecule has 118 valence electrons. The maximum Gasteiger partial charge on any atom is 0.122 e. The van der Waals surface area contributed by atoms with Gasteiger partial charge in [-0.25, -0.2) is 0 Å². The lowest BCUT2D eigenvalue weighted by Gasteiger charge is -2.50. The molecule has 2 saturated carbocycles. The molecule has 4 aliphatic rings. The van der Waals surface area contributed by atoms with Crippen molar-refractivity contribution in [2.45, 2.75) is 63.9 Å². The molecule has 2 heteroatoms. The summed E-state index contributed by atoms with van der Waals surface area (Å²) in [5.41, 5.74) is 4.80. The van der Waals surface area contributed by atoms with E-state index in [0.717, 1.165) is 43.0 Å². The fourth-order valence-corrected chi connectivity index (χ4v) is 6.22. The summed E-state index contributed by atoms with van der Waals surface area (Å²) in [5, 5.41) is 10.5. The number of hydrogen-bond donors (Lipinski definition) is 1. The van der Waals surface area contributed by atoms with Crippen LogP contribution < -0.4 is 4.74 Å². The minimum absolute atomic E-state index is 0.0618. The van der Waals surface area contributed by atoms with Crippen LogP contribution in [0.4, 0.5) is 0 Å². The molecule has 2 nitrogen and oxygen atoms in total. The van der Waals surface area contributed by atoms with Crippen molar-refractivity contribution in [2.75, 3.05) is 6.61 Å². The Hall–Kier alpha value is -1.02. The van der Waals surface area contributed by atoms with Gasteiger partial charge >= 0.3 is 0 Å². The molecular weight excluding hydrogens is 272 g/mol. The Labute approximate surface area is 132 Å². The van der Waals surface area contributed by atoms with Crippen LogP contribution in [0.1, 0.15) is 61.6 Å². The molecule has 1 aromatic rings. The van der Waals surface area contributed by atoms with Crippen LogP contribution in [0.3, 0.4) is 0 Å². The van der Waals surface area contributed by atoms with Crippen molar-refractivity contribution in [1.29, 1.82) is 0 Å². The van der Waals surface area contributed by atoms with Crippen molar-refractivity contribution in [1.82, 2.24) is 0 Å². The summed E-state index contributed by atoms with van der Waals surface area (Å²) in [6, 6.07) is 4.81. The summed E-state index contributed by atoms with van der Waals surface area (Å²) in [6.07, 6.45) is 8.26. The Kier molecular flexibility index (Phi) is 2.75. The first-order valence-corrected chi connectivity index (χ1v) is 9.13. The number of aliphatic hydroxyl groups excluding tert-OH is 1. The third-order valence-corrected chi connectivity index (χ3v) is 7.48. The van der Waals surface area contributed by atoms with Gasteiger partial charge in [0.15, 0.2) is 0 Å². The topological polar surface area (TPSA) is 29.5 Å². The number of aryl methyl sites for hydroxylation is 1. The van der Waals surface area contributed by atoms with Gasteiger partial charge < -0.3 is 9.84 Å². The molecule has 0 aromatic heterocycles. The molecule has 0 saturated heterocycles. The van der Waals surface area contributed by atoms with Gasteiger partial charge in [-0.2, -0.15) is 0 Å². The lowest BCUT2D eigenvalue weighted by Crippen LogP contribution is -2.43. The smallest absolute Gasteiger partial charge is 0.122 e. The minimum atomic E-state index is -0.0618. The summed E-state index contributed by atoms with van der Waals surface area (Å²) in [6.45, 7) is 3.22. The molecule has 0 bridgehead atoms. The molecule has 1 heterocycles. The van der Waals surface area contributed by atoms with Crippen LogP contribution in [-0.4, -0.2) is 17.8 Å². The van der Waals surface area contributed by atoms with E-state index in [2.05, 4.69) is 19.1 Å². The Morgan fingerprint density at radius 2 is 2.00 bits per heavy atom. The minimum Gasteiger partial charge on any atom is -0.493 e. The molecule has 0 radical (unpaired) electrons. The maximum atomic E-state index is 10.5. The van der Waals surface area contributed by atoms with Gasteiger partial charge in [0.05, 0.1) is 12.7 Å². The summed E-state index contributed by atoms with van der Waals surface area (Å²) in [5.74, 6) is 3.41. The van der Waals surface area contributed by atoms with Crippen LogP contribution in [0.2, 0.25) is 0 Å². The monoisotopic (exact) mass is 298 g/mol. The molecule has 1 N–H and O–H groups in total. The van der Waals surface area contributed by atoms with E-state index in [-0.39, 0.29) is 11.5 Å². The zero-order valence-electron chi connectivity index (χ0n) is 13.5. The Morgan fingerprint density at radius 3 is 2.91 bits per heavy atom. The third kappa shape index (κ3) is 1.65. The van der Waals surface area contributed by atoms with Gasteiger partial charge in [-0.05, 0) is 84.5 Å². The molecular formula is C20H26O2. The Bertz CT molecular complexity index is 622. The number of hydrogen-bond acceptors (Lipinski definition) is 2. The quantitative estimate of drug-likeness (QED) is 0.788. The summed E-state index contributed by atoms with van der Waals surface area (Å²) in [4.78, 5) is 0. The van der Waals surface area contributed by atoms with Crippen LogP contribution in [0.25, 0.3) is 0 Å². The van der Waals surface area contributed by atoms with E-state index in [1.165, 1.54) is 37.7 Å². The van der Waals surface area contributed by atoms with E-state index in [4.69, 9.17) is 4.74 Å². The van der Waals surface area contributed by atoms with Crippen molar-refractivity contribution in [3.63, 3.8) is 0 Å². The number of fused-ring (bicyclic) bond motifs is 6. The SMILES string of the molecule is C[C@]12CC[C@@H]3c4cc5c(cc4CC[C@H]3[C@@H]1CC[C@@H]2O)OCC5. The van der Waals surface area contributed by atoms with Crippen LogP contribution in [0.15, 0.2) is 12.1 Å². The zero-order valence-corrected chi connectivity index (χ0v) is 13.5. The molecule has 0 amide bonds. The second kappa shape index (κ2) is 4.50. The molecule has 0 spiro atoms.